The SMILES string of the molecule is CC1(OC(=O)N2CCC(n3ncc(COc4ccc(C(N)=O)c(F)c4)c3C#N)CC2)CC1. The van der Waals surface area contributed by atoms with E-state index in [0.717, 1.165) is 18.9 Å². The van der Waals surface area contributed by atoms with Crippen molar-refractivity contribution < 1.29 is 23.5 Å². The Balaban J connectivity index is 1.37. The number of ether oxygens (including phenoxy) is 2. The highest BCUT2D eigenvalue weighted by Crippen LogP contribution is 2.39. The molecule has 4 rings (SSSR count). The Hall–Kier alpha value is -3.61. The lowest BCUT2D eigenvalue weighted by Crippen LogP contribution is -2.41. The van der Waals surface area contributed by atoms with E-state index in [1.807, 2.05) is 6.92 Å². The molecule has 10 heteroatoms. The minimum Gasteiger partial charge on any atom is -0.489 e. The largest absolute Gasteiger partial charge is 0.489 e. The Morgan fingerprint density at radius 3 is 2.66 bits per heavy atom. The van der Waals surface area contributed by atoms with Gasteiger partial charge in [0, 0.05) is 24.7 Å². The van der Waals surface area contributed by atoms with Crippen molar-refractivity contribution in [2.45, 2.75) is 50.9 Å². The Labute approximate surface area is 184 Å². The summed E-state index contributed by atoms with van der Waals surface area (Å²) in [5.41, 5.74) is 5.51. The number of primary amides is 1. The zero-order valence-corrected chi connectivity index (χ0v) is 17.7. The van der Waals surface area contributed by atoms with Crippen LogP contribution in [0, 0.1) is 17.1 Å². The molecule has 2 amide bonds. The molecule has 1 saturated heterocycles. The van der Waals surface area contributed by atoms with Gasteiger partial charge in [-0.25, -0.2) is 9.18 Å². The zero-order chi connectivity index (χ0) is 22.9. The van der Waals surface area contributed by atoms with Gasteiger partial charge in [0.25, 0.3) is 5.91 Å². The molecular formula is C22H24FN5O4. The highest BCUT2D eigenvalue weighted by molar-refractivity contribution is 5.93. The Morgan fingerprint density at radius 1 is 1.34 bits per heavy atom. The summed E-state index contributed by atoms with van der Waals surface area (Å²) >= 11 is 0. The fourth-order valence-electron chi connectivity index (χ4n) is 3.70. The molecule has 2 aromatic rings. The third-order valence-electron chi connectivity index (χ3n) is 5.93. The van der Waals surface area contributed by atoms with Gasteiger partial charge in [0.05, 0.1) is 17.8 Å². The van der Waals surface area contributed by atoms with E-state index >= 15 is 0 Å². The normalized spacial score (nSPS) is 17.5. The van der Waals surface area contributed by atoms with Gasteiger partial charge >= 0.3 is 6.09 Å². The number of aromatic nitrogens is 2. The molecular weight excluding hydrogens is 417 g/mol. The summed E-state index contributed by atoms with van der Waals surface area (Å²) in [4.78, 5) is 25.1. The van der Waals surface area contributed by atoms with Crippen LogP contribution in [0.4, 0.5) is 9.18 Å². The summed E-state index contributed by atoms with van der Waals surface area (Å²) in [6, 6.07) is 5.92. The second kappa shape index (κ2) is 8.49. The maximum atomic E-state index is 13.9. The number of rotatable bonds is 6. The molecule has 9 nitrogen and oxygen atoms in total. The van der Waals surface area contributed by atoms with Gasteiger partial charge in [0.15, 0.2) is 0 Å². The Bertz CT molecular complexity index is 1080. The van der Waals surface area contributed by atoms with Crippen LogP contribution in [0.2, 0.25) is 0 Å². The van der Waals surface area contributed by atoms with Gasteiger partial charge in [0.1, 0.15) is 35.5 Å². The van der Waals surface area contributed by atoms with Crippen molar-refractivity contribution in [3.05, 3.63) is 47.0 Å². The standard InChI is InChI=1S/C22H24FN5O4/c1-22(6-7-22)32-21(30)27-8-4-15(5-9-27)28-19(11-24)14(12-26-28)13-31-16-2-3-17(20(25)29)18(23)10-16/h2-3,10,12,15H,4-9,13H2,1H3,(H2,25,29). The van der Waals surface area contributed by atoms with Crippen LogP contribution in [-0.2, 0) is 11.3 Å². The minimum atomic E-state index is -0.858. The van der Waals surface area contributed by atoms with Crippen LogP contribution in [0.15, 0.2) is 24.4 Å². The number of hydrogen-bond acceptors (Lipinski definition) is 6. The molecule has 0 radical (unpaired) electrons. The molecule has 1 saturated carbocycles. The molecule has 2 N–H and O–H groups in total. The van der Waals surface area contributed by atoms with Crippen LogP contribution in [0.5, 0.6) is 5.75 Å². The predicted octanol–water partition coefficient (Wildman–Crippen LogP) is 2.90. The first-order valence-electron chi connectivity index (χ1n) is 10.5. The molecule has 168 valence electrons. The number of carbonyl (C=O) groups excluding carboxylic acids is 2. The minimum absolute atomic E-state index is 0.0159. The molecule has 1 aromatic carbocycles. The molecule has 1 aliphatic carbocycles. The average Bonchev–Trinajstić information content (AvgIpc) is 3.34. The first-order valence-corrected chi connectivity index (χ1v) is 10.5. The van der Waals surface area contributed by atoms with Crippen LogP contribution < -0.4 is 10.5 Å². The maximum absolute atomic E-state index is 13.9. The second-order valence-corrected chi connectivity index (χ2v) is 8.41. The van der Waals surface area contributed by atoms with Crippen molar-refractivity contribution >= 4 is 12.0 Å². The van der Waals surface area contributed by atoms with E-state index < -0.39 is 11.7 Å². The summed E-state index contributed by atoms with van der Waals surface area (Å²) in [5.74, 6) is -1.42. The number of nitriles is 1. The smallest absolute Gasteiger partial charge is 0.410 e. The van der Waals surface area contributed by atoms with E-state index in [0.29, 0.717) is 37.2 Å². The molecule has 32 heavy (non-hydrogen) atoms. The highest BCUT2D eigenvalue weighted by atomic mass is 19.1. The van der Waals surface area contributed by atoms with Gasteiger partial charge in [-0.2, -0.15) is 10.4 Å². The lowest BCUT2D eigenvalue weighted by atomic mass is 10.1. The number of nitrogens with two attached hydrogens (primary N) is 1. The number of piperidine rings is 1. The van der Waals surface area contributed by atoms with Gasteiger partial charge in [-0.15, -0.1) is 0 Å². The molecule has 0 spiro atoms. The van der Waals surface area contributed by atoms with E-state index in [2.05, 4.69) is 11.2 Å². The van der Waals surface area contributed by atoms with Crippen molar-refractivity contribution in [2.75, 3.05) is 13.1 Å². The molecule has 0 unspecified atom stereocenters. The second-order valence-electron chi connectivity index (χ2n) is 8.41. The molecule has 2 heterocycles. The summed E-state index contributed by atoms with van der Waals surface area (Å²) in [6.07, 6.45) is 4.39. The van der Waals surface area contributed by atoms with E-state index in [9.17, 15) is 19.2 Å². The van der Waals surface area contributed by atoms with Gasteiger partial charge < -0.3 is 20.1 Å². The van der Waals surface area contributed by atoms with E-state index in [1.165, 1.54) is 12.1 Å². The molecule has 0 bridgehead atoms. The molecule has 0 atom stereocenters. The van der Waals surface area contributed by atoms with Crippen LogP contribution >= 0.6 is 0 Å². The first kappa shape index (κ1) is 21.6. The lowest BCUT2D eigenvalue weighted by molar-refractivity contribution is 0.0489. The van der Waals surface area contributed by atoms with Crippen LogP contribution in [-0.4, -0.2) is 45.4 Å². The summed E-state index contributed by atoms with van der Waals surface area (Å²) in [7, 11) is 0. The van der Waals surface area contributed by atoms with E-state index in [4.69, 9.17) is 15.2 Å². The van der Waals surface area contributed by atoms with E-state index in [1.54, 1.807) is 15.8 Å². The monoisotopic (exact) mass is 441 g/mol. The van der Waals surface area contributed by atoms with Gasteiger partial charge in [-0.1, -0.05) is 0 Å². The number of carbonyl (C=O) groups is 2. The molecule has 2 fully saturated rings. The Morgan fingerprint density at radius 2 is 2.06 bits per heavy atom. The van der Waals surface area contributed by atoms with Crippen LogP contribution in [0.1, 0.15) is 60.3 Å². The van der Waals surface area contributed by atoms with Crippen LogP contribution in [0.3, 0.4) is 0 Å². The number of halogens is 1. The summed E-state index contributed by atoms with van der Waals surface area (Å²) in [5, 5.41) is 14.0. The zero-order valence-electron chi connectivity index (χ0n) is 17.7. The topological polar surface area (TPSA) is 123 Å². The number of benzene rings is 1. The van der Waals surface area contributed by atoms with Gasteiger partial charge in [-0.05, 0) is 44.7 Å². The molecule has 2 aliphatic rings. The number of amides is 2. The summed E-state index contributed by atoms with van der Waals surface area (Å²) in [6.45, 7) is 3.01. The fourth-order valence-corrected chi connectivity index (χ4v) is 3.70. The third-order valence-corrected chi connectivity index (χ3v) is 5.93. The van der Waals surface area contributed by atoms with E-state index in [-0.39, 0.29) is 35.7 Å². The van der Waals surface area contributed by atoms with Crippen molar-refractivity contribution in [1.82, 2.24) is 14.7 Å². The predicted molar refractivity (Wildman–Crippen MR) is 110 cm³/mol. The molecule has 1 aliphatic heterocycles. The maximum Gasteiger partial charge on any atom is 0.410 e. The van der Waals surface area contributed by atoms with Gasteiger partial charge in [0.2, 0.25) is 0 Å². The highest BCUT2D eigenvalue weighted by Gasteiger charge is 2.43. The molecule has 1 aromatic heterocycles. The lowest BCUT2D eigenvalue weighted by Gasteiger charge is -2.32. The first-order chi connectivity index (χ1) is 15.3. The van der Waals surface area contributed by atoms with Crippen molar-refractivity contribution in [1.29, 1.82) is 5.26 Å². The number of likely N-dealkylation sites (tertiary alicyclic amines) is 1. The van der Waals surface area contributed by atoms with Crippen molar-refractivity contribution in [3.63, 3.8) is 0 Å². The number of hydrogen-bond donors (Lipinski definition) is 1. The quantitative estimate of drug-likeness (QED) is 0.735. The number of nitrogens with zero attached hydrogens (tertiary/aromatic N) is 4. The van der Waals surface area contributed by atoms with Gasteiger partial charge in [-0.3, -0.25) is 9.48 Å². The summed E-state index contributed by atoms with van der Waals surface area (Å²) < 4.78 is 26.7. The van der Waals surface area contributed by atoms with Crippen molar-refractivity contribution in [2.24, 2.45) is 5.73 Å². The van der Waals surface area contributed by atoms with Crippen LogP contribution in [0.25, 0.3) is 0 Å². The third kappa shape index (κ3) is 4.51. The fraction of sp³-hybridized carbons (Fsp3) is 0.455. The average molecular weight is 441 g/mol. The van der Waals surface area contributed by atoms with Crippen molar-refractivity contribution in [3.8, 4) is 11.8 Å². The Kier molecular flexibility index (Phi) is 5.74.